The van der Waals surface area contributed by atoms with Crippen molar-refractivity contribution in [3.8, 4) is 0 Å². The molecule has 0 radical (unpaired) electrons. The number of nitrogens with one attached hydrogen (secondary N) is 1. The summed E-state index contributed by atoms with van der Waals surface area (Å²) in [6, 6.07) is 16.2. The van der Waals surface area contributed by atoms with Crippen molar-refractivity contribution in [1.82, 2.24) is 10.3 Å². The molecule has 1 amide bonds. The fourth-order valence-electron chi connectivity index (χ4n) is 4.19. The molecule has 0 fully saturated rings. The Balaban J connectivity index is 1.50. The van der Waals surface area contributed by atoms with Gasteiger partial charge in [-0.15, -0.1) is 0 Å². The standard InChI is InChI=1S/C28H27FN2O2S/c1-19-25(15-20-7-10-23(11-8-20)34(2)33)24-12-9-22(29)16-27(24)26(19)17-28(32)31-14-4-6-21-5-3-13-30-18-21/h3,5,7-13,15-16,18H,4,6,14,17H2,1-2H3,(H,31,32)/b25-15-. The Bertz CT molecular complexity index is 1280. The van der Waals surface area contributed by atoms with Crippen molar-refractivity contribution >= 4 is 33.9 Å². The lowest BCUT2D eigenvalue weighted by Crippen LogP contribution is -2.24. The monoisotopic (exact) mass is 474 g/mol. The van der Waals surface area contributed by atoms with Crippen molar-refractivity contribution in [1.29, 1.82) is 0 Å². The van der Waals surface area contributed by atoms with E-state index in [9.17, 15) is 13.4 Å². The van der Waals surface area contributed by atoms with Crippen LogP contribution in [0.3, 0.4) is 0 Å². The zero-order valence-electron chi connectivity index (χ0n) is 19.3. The molecule has 6 heteroatoms. The normalized spacial score (nSPS) is 14.9. The Morgan fingerprint density at radius 1 is 1.12 bits per heavy atom. The molecule has 0 spiro atoms. The molecule has 3 aromatic rings. The van der Waals surface area contributed by atoms with E-state index in [1.165, 1.54) is 12.1 Å². The van der Waals surface area contributed by atoms with Crippen LogP contribution in [0.15, 0.2) is 77.5 Å². The van der Waals surface area contributed by atoms with Gasteiger partial charge in [0.1, 0.15) is 5.82 Å². The van der Waals surface area contributed by atoms with Gasteiger partial charge in [0.2, 0.25) is 5.91 Å². The molecule has 1 aliphatic carbocycles. The number of hydrogen-bond donors (Lipinski definition) is 1. The van der Waals surface area contributed by atoms with E-state index < -0.39 is 10.8 Å². The minimum atomic E-state index is -1.03. The van der Waals surface area contributed by atoms with Crippen LogP contribution in [-0.2, 0) is 22.0 Å². The number of carbonyl (C=O) groups is 1. The molecule has 34 heavy (non-hydrogen) atoms. The van der Waals surface area contributed by atoms with Crippen LogP contribution in [0.4, 0.5) is 4.39 Å². The topological polar surface area (TPSA) is 59.1 Å². The molecular formula is C28H27FN2O2S. The molecule has 0 bridgehead atoms. The summed E-state index contributed by atoms with van der Waals surface area (Å²) in [5.74, 6) is -0.399. The number of carbonyl (C=O) groups excluding carboxylic acids is 1. The molecule has 174 valence electrons. The molecule has 4 nitrogen and oxygen atoms in total. The van der Waals surface area contributed by atoms with Gasteiger partial charge in [0.05, 0.1) is 6.42 Å². The number of allylic oxidation sites excluding steroid dienone is 2. The predicted octanol–water partition coefficient (Wildman–Crippen LogP) is 5.42. The van der Waals surface area contributed by atoms with Crippen molar-refractivity contribution in [2.45, 2.75) is 31.1 Å². The van der Waals surface area contributed by atoms with E-state index in [2.05, 4.69) is 10.3 Å². The average Bonchev–Trinajstić information content (AvgIpc) is 3.08. The highest BCUT2D eigenvalue weighted by molar-refractivity contribution is 7.84. The third kappa shape index (κ3) is 5.57. The van der Waals surface area contributed by atoms with Gasteiger partial charge in [0.25, 0.3) is 0 Å². The van der Waals surface area contributed by atoms with Crippen LogP contribution < -0.4 is 5.32 Å². The van der Waals surface area contributed by atoms with Crippen molar-refractivity contribution in [3.63, 3.8) is 0 Å². The lowest BCUT2D eigenvalue weighted by molar-refractivity contribution is -0.120. The van der Waals surface area contributed by atoms with Crippen LogP contribution in [-0.4, -0.2) is 27.9 Å². The maximum atomic E-state index is 14.1. The maximum absolute atomic E-state index is 14.1. The van der Waals surface area contributed by atoms with Gasteiger partial charge in [-0.25, -0.2) is 4.39 Å². The Morgan fingerprint density at radius 2 is 1.91 bits per heavy atom. The van der Waals surface area contributed by atoms with E-state index in [0.717, 1.165) is 56.7 Å². The van der Waals surface area contributed by atoms with Crippen LogP contribution in [0.2, 0.25) is 0 Å². The molecule has 0 saturated heterocycles. The zero-order chi connectivity index (χ0) is 24.1. The smallest absolute Gasteiger partial charge is 0.224 e. The summed E-state index contributed by atoms with van der Waals surface area (Å²) < 4.78 is 25.8. The van der Waals surface area contributed by atoms with E-state index in [-0.39, 0.29) is 18.1 Å². The first kappa shape index (κ1) is 23.8. The summed E-state index contributed by atoms with van der Waals surface area (Å²) in [5.41, 5.74) is 6.57. The molecule has 1 heterocycles. The lowest BCUT2D eigenvalue weighted by atomic mass is 10.0. The van der Waals surface area contributed by atoms with E-state index in [4.69, 9.17) is 0 Å². The largest absolute Gasteiger partial charge is 0.356 e. The maximum Gasteiger partial charge on any atom is 0.224 e. The van der Waals surface area contributed by atoms with E-state index in [1.54, 1.807) is 18.5 Å². The number of rotatable bonds is 8. The summed E-state index contributed by atoms with van der Waals surface area (Å²) in [4.78, 5) is 17.6. The summed E-state index contributed by atoms with van der Waals surface area (Å²) in [6.45, 7) is 2.55. The molecule has 1 aliphatic rings. The highest BCUT2D eigenvalue weighted by atomic mass is 32.2. The van der Waals surface area contributed by atoms with Crippen LogP contribution in [0.25, 0.3) is 17.2 Å². The van der Waals surface area contributed by atoms with Gasteiger partial charge in [0.15, 0.2) is 0 Å². The van der Waals surface area contributed by atoms with Crippen LogP contribution in [0.1, 0.15) is 42.0 Å². The number of halogens is 1. The highest BCUT2D eigenvalue weighted by Gasteiger charge is 2.25. The van der Waals surface area contributed by atoms with Gasteiger partial charge in [-0.1, -0.05) is 24.3 Å². The minimum Gasteiger partial charge on any atom is -0.356 e. The summed E-state index contributed by atoms with van der Waals surface area (Å²) >= 11 is 0. The first-order chi connectivity index (χ1) is 16.4. The fraction of sp³-hybridized carbons (Fsp3) is 0.214. The number of amides is 1. The van der Waals surface area contributed by atoms with Gasteiger partial charge in [-0.2, -0.15) is 0 Å². The van der Waals surface area contributed by atoms with Gasteiger partial charge in [-0.3, -0.25) is 14.0 Å². The third-order valence-electron chi connectivity index (χ3n) is 6.00. The number of aryl methyl sites for hydroxylation is 1. The molecule has 1 atom stereocenters. The lowest BCUT2D eigenvalue weighted by Gasteiger charge is -2.08. The average molecular weight is 475 g/mol. The van der Waals surface area contributed by atoms with Gasteiger partial charge >= 0.3 is 0 Å². The van der Waals surface area contributed by atoms with E-state index >= 15 is 0 Å². The van der Waals surface area contributed by atoms with Crippen molar-refractivity contribution in [2.24, 2.45) is 0 Å². The van der Waals surface area contributed by atoms with Gasteiger partial charge in [-0.05, 0) is 95.1 Å². The summed E-state index contributed by atoms with van der Waals surface area (Å²) in [7, 11) is -1.03. The summed E-state index contributed by atoms with van der Waals surface area (Å²) in [5, 5.41) is 2.99. The molecule has 1 N–H and O–H groups in total. The molecule has 0 aliphatic heterocycles. The highest BCUT2D eigenvalue weighted by Crippen LogP contribution is 2.43. The molecular weight excluding hydrogens is 447 g/mol. The quantitative estimate of drug-likeness (QED) is 0.443. The first-order valence-electron chi connectivity index (χ1n) is 11.2. The predicted molar refractivity (Wildman–Crippen MR) is 136 cm³/mol. The molecule has 1 unspecified atom stereocenters. The first-order valence-corrected chi connectivity index (χ1v) is 12.8. The van der Waals surface area contributed by atoms with Gasteiger partial charge in [0, 0.05) is 40.9 Å². The molecule has 2 aromatic carbocycles. The number of fused-ring (bicyclic) bond motifs is 1. The second kappa shape index (κ2) is 10.7. The van der Waals surface area contributed by atoms with Crippen LogP contribution >= 0.6 is 0 Å². The Hall–Kier alpha value is -3.38. The van der Waals surface area contributed by atoms with E-state index in [1.807, 2.05) is 55.6 Å². The SMILES string of the molecule is CC1=C(CC(=O)NCCCc2cccnc2)c2cc(F)ccc2/C1=C\c1ccc(S(C)=O)cc1. The zero-order valence-corrected chi connectivity index (χ0v) is 20.1. The Labute approximate surface area is 202 Å². The molecule has 1 aromatic heterocycles. The Morgan fingerprint density at radius 3 is 2.62 bits per heavy atom. The van der Waals surface area contributed by atoms with Gasteiger partial charge < -0.3 is 5.32 Å². The number of hydrogen-bond acceptors (Lipinski definition) is 3. The number of benzene rings is 2. The van der Waals surface area contributed by atoms with Crippen molar-refractivity contribution in [3.05, 3.63) is 101 Å². The second-order valence-electron chi connectivity index (χ2n) is 8.37. The summed E-state index contributed by atoms with van der Waals surface area (Å²) in [6.07, 6.45) is 9.13. The fourth-order valence-corrected chi connectivity index (χ4v) is 4.71. The number of aromatic nitrogens is 1. The number of pyridine rings is 1. The molecule has 4 rings (SSSR count). The van der Waals surface area contributed by atoms with Crippen LogP contribution in [0, 0.1) is 5.82 Å². The van der Waals surface area contributed by atoms with E-state index in [0.29, 0.717) is 6.54 Å². The number of nitrogens with zero attached hydrogens (tertiary/aromatic N) is 1. The van der Waals surface area contributed by atoms with Crippen LogP contribution in [0.5, 0.6) is 0 Å². The van der Waals surface area contributed by atoms with Crippen molar-refractivity contribution in [2.75, 3.05) is 12.8 Å². The molecule has 0 saturated carbocycles. The van der Waals surface area contributed by atoms with Crippen molar-refractivity contribution < 1.29 is 13.4 Å². The second-order valence-corrected chi connectivity index (χ2v) is 9.75. The Kier molecular flexibility index (Phi) is 7.48. The third-order valence-corrected chi connectivity index (χ3v) is 6.94. The minimum absolute atomic E-state index is 0.0771.